The summed E-state index contributed by atoms with van der Waals surface area (Å²) in [5.41, 5.74) is 5.67. The first-order valence-corrected chi connectivity index (χ1v) is 11.7. The quantitative estimate of drug-likeness (QED) is 0.0959. The highest BCUT2D eigenvalue weighted by Crippen LogP contribution is 2.07. The van der Waals surface area contributed by atoms with Gasteiger partial charge in [-0.05, 0) is 25.2 Å². The smallest absolute Gasteiger partial charge is 0.326 e. The first-order chi connectivity index (χ1) is 17.0. The average Bonchev–Trinajstić information content (AvgIpc) is 2.79. The second-order valence-corrected chi connectivity index (χ2v) is 9.31. The van der Waals surface area contributed by atoms with Crippen LogP contribution in [0.2, 0.25) is 0 Å². The second-order valence-electron chi connectivity index (χ2n) is 9.31. The fourth-order valence-electron chi connectivity index (χ4n) is 3.08. The highest BCUT2D eigenvalue weighted by atomic mass is 16.4. The Morgan fingerprint density at radius 1 is 0.703 bits per heavy atom. The number of rotatable bonds is 16. The van der Waals surface area contributed by atoms with Crippen LogP contribution in [0.3, 0.4) is 0 Å². The highest BCUT2D eigenvalue weighted by Gasteiger charge is 2.34. The first kappa shape index (κ1) is 33.7. The normalized spacial score (nSPS) is 16.1. The fourth-order valence-corrected chi connectivity index (χ4v) is 3.08. The van der Waals surface area contributed by atoms with Crippen molar-refractivity contribution in [3.8, 4) is 0 Å². The van der Waals surface area contributed by atoms with Crippen LogP contribution in [0.25, 0.3) is 0 Å². The summed E-state index contributed by atoms with van der Waals surface area (Å²) < 4.78 is 0. The Balaban J connectivity index is 5.46. The van der Waals surface area contributed by atoms with Crippen molar-refractivity contribution in [2.24, 2.45) is 17.6 Å². The van der Waals surface area contributed by atoms with Crippen molar-refractivity contribution in [3.63, 3.8) is 0 Å². The minimum absolute atomic E-state index is 0.170. The van der Waals surface area contributed by atoms with Gasteiger partial charge in [0.05, 0.1) is 18.8 Å². The second kappa shape index (κ2) is 15.7. The third-order valence-electron chi connectivity index (χ3n) is 5.36. The van der Waals surface area contributed by atoms with E-state index < -0.39 is 90.3 Å². The van der Waals surface area contributed by atoms with Crippen LogP contribution in [0.1, 0.15) is 47.5 Å². The van der Waals surface area contributed by atoms with Crippen LogP contribution in [0.15, 0.2) is 0 Å². The van der Waals surface area contributed by atoms with E-state index in [1.54, 1.807) is 27.7 Å². The summed E-state index contributed by atoms with van der Waals surface area (Å²) in [4.78, 5) is 72.4. The largest absolute Gasteiger partial charge is 0.481 e. The van der Waals surface area contributed by atoms with Crippen molar-refractivity contribution in [2.45, 2.75) is 83.8 Å². The van der Waals surface area contributed by atoms with Gasteiger partial charge < -0.3 is 47.4 Å². The molecular weight excluding hydrogens is 494 g/mol. The zero-order chi connectivity index (χ0) is 29.0. The molecule has 0 saturated heterocycles. The lowest BCUT2D eigenvalue weighted by Gasteiger charge is -2.28. The van der Waals surface area contributed by atoms with Crippen LogP contribution < -0.4 is 27.0 Å². The minimum atomic E-state index is -1.62. The predicted octanol–water partition coefficient (Wildman–Crippen LogP) is -3.11. The van der Waals surface area contributed by atoms with Crippen molar-refractivity contribution in [3.05, 3.63) is 0 Å². The number of aliphatic hydroxyl groups is 2. The number of nitrogens with two attached hydrogens (primary N) is 1. The van der Waals surface area contributed by atoms with E-state index in [0.29, 0.717) is 0 Å². The molecule has 15 nitrogen and oxygen atoms in total. The molecule has 0 unspecified atom stereocenters. The molecular formula is C22H39N5O10. The van der Waals surface area contributed by atoms with Crippen LogP contribution in [0, 0.1) is 11.8 Å². The standard InChI is InChI=1S/C22H39N5O10/c1-9(2)15(25-18(32)12(23)6-7-14(30)31)20(34)27-17(11(5)29)21(35)24-13(8-28)19(33)26-16(10(3)4)22(36)37/h9-13,15-17,28-29H,6-8,23H2,1-5H3,(H,24,35)(H,25,32)(H,26,33)(H,27,34)(H,30,31)(H,36,37)/t11-,12+,13+,15+,16+,17+/m1/s1. The van der Waals surface area contributed by atoms with E-state index in [9.17, 15) is 44.1 Å². The van der Waals surface area contributed by atoms with Crippen molar-refractivity contribution in [1.29, 1.82) is 0 Å². The van der Waals surface area contributed by atoms with Gasteiger partial charge in [-0.25, -0.2) is 4.79 Å². The van der Waals surface area contributed by atoms with E-state index in [1.807, 2.05) is 0 Å². The van der Waals surface area contributed by atoms with E-state index in [0.717, 1.165) is 0 Å². The van der Waals surface area contributed by atoms with Gasteiger partial charge in [-0.15, -0.1) is 0 Å². The van der Waals surface area contributed by atoms with Crippen LogP contribution in [0.4, 0.5) is 0 Å². The number of aliphatic hydroxyl groups excluding tert-OH is 2. The van der Waals surface area contributed by atoms with E-state index in [4.69, 9.17) is 10.8 Å². The van der Waals surface area contributed by atoms with Crippen molar-refractivity contribution in [1.82, 2.24) is 21.3 Å². The first-order valence-electron chi connectivity index (χ1n) is 11.7. The van der Waals surface area contributed by atoms with Gasteiger partial charge in [0.15, 0.2) is 0 Å². The van der Waals surface area contributed by atoms with Crippen molar-refractivity contribution < 1.29 is 49.2 Å². The summed E-state index contributed by atoms with van der Waals surface area (Å²) in [6, 6.07) is -6.90. The number of aliphatic carboxylic acids is 2. The molecule has 212 valence electrons. The lowest BCUT2D eigenvalue weighted by molar-refractivity contribution is -0.144. The molecule has 0 aliphatic carbocycles. The molecule has 0 heterocycles. The molecule has 10 N–H and O–H groups in total. The SMILES string of the molecule is CC(C)[C@H](NC(=O)[C@H](CO)NC(=O)[C@@H](NC(=O)[C@@H](NC(=O)[C@@H](N)CCC(=O)O)C(C)C)[C@@H](C)O)C(=O)O. The summed E-state index contributed by atoms with van der Waals surface area (Å²) in [5, 5.41) is 46.6. The topological polar surface area (TPSA) is 257 Å². The zero-order valence-electron chi connectivity index (χ0n) is 21.6. The van der Waals surface area contributed by atoms with E-state index >= 15 is 0 Å². The molecule has 37 heavy (non-hydrogen) atoms. The molecule has 0 aliphatic heterocycles. The Labute approximate surface area is 214 Å². The molecule has 6 atom stereocenters. The molecule has 0 aliphatic rings. The maximum Gasteiger partial charge on any atom is 0.326 e. The van der Waals surface area contributed by atoms with Gasteiger partial charge in [0.25, 0.3) is 0 Å². The van der Waals surface area contributed by atoms with Crippen LogP contribution in [0.5, 0.6) is 0 Å². The molecule has 0 rings (SSSR count). The molecule has 0 bridgehead atoms. The van der Waals surface area contributed by atoms with Crippen LogP contribution >= 0.6 is 0 Å². The number of carboxylic acids is 2. The fraction of sp³-hybridized carbons (Fsp3) is 0.727. The van der Waals surface area contributed by atoms with Gasteiger partial charge in [-0.2, -0.15) is 0 Å². The van der Waals surface area contributed by atoms with Crippen LogP contribution in [-0.4, -0.2) is 98.9 Å². The molecule has 0 spiro atoms. The van der Waals surface area contributed by atoms with Crippen molar-refractivity contribution in [2.75, 3.05) is 6.61 Å². The Morgan fingerprint density at radius 2 is 1.16 bits per heavy atom. The van der Waals surface area contributed by atoms with Crippen molar-refractivity contribution >= 4 is 35.6 Å². The highest BCUT2D eigenvalue weighted by molar-refractivity contribution is 5.95. The van der Waals surface area contributed by atoms with Gasteiger partial charge in [-0.1, -0.05) is 27.7 Å². The minimum Gasteiger partial charge on any atom is -0.481 e. The number of amides is 4. The molecule has 0 fully saturated rings. The summed E-state index contributed by atoms with van der Waals surface area (Å²) in [6.45, 7) is 6.56. The maximum atomic E-state index is 12.9. The van der Waals surface area contributed by atoms with E-state index in [-0.39, 0.29) is 12.8 Å². The zero-order valence-corrected chi connectivity index (χ0v) is 21.6. The Bertz CT molecular complexity index is 833. The number of hydrogen-bond acceptors (Lipinski definition) is 9. The molecule has 0 radical (unpaired) electrons. The Hall–Kier alpha value is -3.30. The summed E-state index contributed by atoms with van der Waals surface area (Å²) >= 11 is 0. The van der Waals surface area contributed by atoms with Gasteiger partial charge >= 0.3 is 11.9 Å². The molecule has 4 amide bonds. The summed E-state index contributed by atoms with van der Waals surface area (Å²) in [7, 11) is 0. The third kappa shape index (κ3) is 11.5. The van der Waals surface area contributed by atoms with Gasteiger partial charge in [-0.3, -0.25) is 24.0 Å². The average molecular weight is 534 g/mol. The molecule has 0 saturated carbocycles. The Morgan fingerprint density at radius 3 is 1.57 bits per heavy atom. The molecule has 15 heteroatoms. The van der Waals surface area contributed by atoms with Gasteiger partial charge in [0, 0.05) is 6.42 Å². The number of nitrogens with one attached hydrogen (secondary N) is 4. The third-order valence-corrected chi connectivity index (χ3v) is 5.36. The molecule has 0 aromatic carbocycles. The number of carbonyl (C=O) groups is 6. The maximum absolute atomic E-state index is 12.9. The molecule has 0 aromatic heterocycles. The number of hydrogen-bond donors (Lipinski definition) is 9. The van der Waals surface area contributed by atoms with Gasteiger partial charge in [0.2, 0.25) is 23.6 Å². The van der Waals surface area contributed by atoms with E-state index in [1.165, 1.54) is 6.92 Å². The van der Waals surface area contributed by atoms with E-state index in [2.05, 4.69) is 21.3 Å². The Kier molecular flexibility index (Phi) is 14.3. The summed E-state index contributed by atoms with van der Waals surface area (Å²) in [5.74, 6) is -7.17. The number of carboxylic acid groups (broad SMARTS) is 2. The monoisotopic (exact) mass is 533 g/mol. The predicted molar refractivity (Wildman–Crippen MR) is 129 cm³/mol. The van der Waals surface area contributed by atoms with Crippen LogP contribution in [-0.2, 0) is 28.8 Å². The lowest BCUT2D eigenvalue weighted by Crippen LogP contribution is -2.62. The molecule has 0 aromatic rings. The summed E-state index contributed by atoms with van der Waals surface area (Å²) in [6.07, 6.45) is -2.01. The number of carbonyl (C=O) groups excluding carboxylic acids is 4. The lowest BCUT2D eigenvalue weighted by atomic mass is 10.0. The van der Waals surface area contributed by atoms with Gasteiger partial charge in [0.1, 0.15) is 24.2 Å².